The Balaban J connectivity index is 2.33. The van der Waals surface area contributed by atoms with Crippen LogP contribution in [0.4, 0.5) is 8.78 Å². The molecule has 1 heterocycles. The highest BCUT2D eigenvalue weighted by molar-refractivity contribution is 7.99. The van der Waals surface area contributed by atoms with Crippen molar-refractivity contribution in [1.82, 2.24) is 0 Å². The minimum atomic E-state index is -2.34. The van der Waals surface area contributed by atoms with E-state index in [9.17, 15) is 8.78 Å². The van der Waals surface area contributed by atoms with Crippen molar-refractivity contribution in [3.05, 3.63) is 0 Å². The highest BCUT2D eigenvalue weighted by Crippen LogP contribution is 2.31. The molecule has 0 saturated carbocycles. The molecule has 0 atom stereocenters. The number of hydrogen-bond acceptors (Lipinski definition) is 1. The largest absolute Gasteiger partial charge is 0.249 e. The molecule has 1 fully saturated rings. The molecule has 8 heavy (non-hydrogen) atoms. The van der Waals surface area contributed by atoms with Crippen molar-refractivity contribution in [3.63, 3.8) is 0 Å². The van der Waals surface area contributed by atoms with Gasteiger partial charge in [0.05, 0.1) is 0 Å². The minimum Gasteiger partial charge on any atom is -0.207 e. The Morgan fingerprint density at radius 1 is 1.12 bits per heavy atom. The second-order valence-corrected chi connectivity index (χ2v) is 3.19. The number of thioether (sulfide) groups is 1. The molecule has 0 unspecified atom stereocenters. The smallest absolute Gasteiger partial charge is 0.207 e. The molecule has 0 radical (unpaired) electrons. The molecular weight excluding hydrogens is 130 g/mol. The topological polar surface area (TPSA) is 0 Å². The SMILES string of the molecule is FC1(F)CCSCC1. The van der Waals surface area contributed by atoms with Crippen molar-refractivity contribution in [2.45, 2.75) is 18.8 Å². The summed E-state index contributed by atoms with van der Waals surface area (Å²) in [4.78, 5) is 0. The molecule has 0 N–H and O–H groups in total. The van der Waals surface area contributed by atoms with E-state index in [0.717, 1.165) is 0 Å². The van der Waals surface area contributed by atoms with Crippen molar-refractivity contribution in [2.75, 3.05) is 11.5 Å². The zero-order valence-corrected chi connectivity index (χ0v) is 5.31. The Hall–Kier alpha value is 0.210. The van der Waals surface area contributed by atoms with Gasteiger partial charge in [0.2, 0.25) is 5.92 Å². The molecule has 0 bridgehead atoms. The van der Waals surface area contributed by atoms with Crippen LogP contribution >= 0.6 is 11.8 Å². The van der Waals surface area contributed by atoms with Gasteiger partial charge in [0.15, 0.2) is 0 Å². The van der Waals surface area contributed by atoms with Crippen LogP contribution in [-0.2, 0) is 0 Å². The molecule has 0 amide bonds. The van der Waals surface area contributed by atoms with E-state index in [-0.39, 0.29) is 12.8 Å². The lowest BCUT2D eigenvalue weighted by Crippen LogP contribution is -2.21. The molecule has 1 aliphatic rings. The average molecular weight is 138 g/mol. The molecule has 1 saturated heterocycles. The zero-order chi connectivity index (χ0) is 6.04. The van der Waals surface area contributed by atoms with Crippen LogP contribution < -0.4 is 0 Å². The van der Waals surface area contributed by atoms with Gasteiger partial charge in [0.1, 0.15) is 0 Å². The van der Waals surface area contributed by atoms with Crippen molar-refractivity contribution in [1.29, 1.82) is 0 Å². The Morgan fingerprint density at radius 3 is 1.88 bits per heavy atom. The van der Waals surface area contributed by atoms with Crippen LogP contribution in [0, 0.1) is 0 Å². The third-order valence-electron chi connectivity index (χ3n) is 1.22. The summed E-state index contributed by atoms with van der Waals surface area (Å²) in [5.41, 5.74) is 0. The molecular formula is C5H8F2S. The van der Waals surface area contributed by atoms with Crippen molar-refractivity contribution in [3.8, 4) is 0 Å². The van der Waals surface area contributed by atoms with Gasteiger partial charge in [0, 0.05) is 12.8 Å². The van der Waals surface area contributed by atoms with Gasteiger partial charge in [-0.1, -0.05) is 0 Å². The van der Waals surface area contributed by atoms with Gasteiger partial charge >= 0.3 is 0 Å². The summed E-state index contributed by atoms with van der Waals surface area (Å²) in [5.74, 6) is -1.08. The summed E-state index contributed by atoms with van der Waals surface area (Å²) >= 11 is 1.62. The molecule has 48 valence electrons. The summed E-state index contributed by atoms with van der Waals surface area (Å²) in [7, 11) is 0. The van der Waals surface area contributed by atoms with Crippen molar-refractivity contribution >= 4 is 11.8 Å². The molecule has 0 nitrogen and oxygen atoms in total. The number of rotatable bonds is 0. The van der Waals surface area contributed by atoms with E-state index in [1.165, 1.54) is 0 Å². The monoisotopic (exact) mass is 138 g/mol. The lowest BCUT2D eigenvalue weighted by atomic mass is 10.2. The molecule has 0 spiro atoms. The zero-order valence-electron chi connectivity index (χ0n) is 4.49. The van der Waals surface area contributed by atoms with Crippen LogP contribution in [-0.4, -0.2) is 17.4 Å². The van der Waals surface area contributed by atoms with E-state index in [0.29, 0.717) is 11.5 Å². The van der Waals surface area contributed by atoms with E-state index < -0.39 is 5.92 Å². The van der Waals surface area contributed by atoms with Gasteiger partial charge < -0.3 is 0 Å². The minimum absolute atomic E-state index is 0.0810. The van der Waals surface area contributed by atoms with Crippen LogP contribution in [0.2, 0.25) is 0 Å². The first-order valence-corrected chi connectivity index (χ1v) is 3.82. The maximum atomic E-state index is 12.2. The third kappa shape index (κ3) is 1.62. The normalized spacial score (nSPS) is 27.8. The fourth-order valence-corrected chi connectivity index (χ4v) is 1.76. The summed E-state index contributed by atoms with van der Waals surface area (Å²) in [6.07, 6.45) is 0.162. The van der Waals surface area contributed by atoms with E-state index >= 15 is 0 Å². The fourth-order valence-electron chi connectivity index (χ4n) is 0.670. The number of alkyl halides is 2. The lowest BCUT2D eigenvalue weighted by molar-refractivity contribution is -0.00671. The molecule has 3 heteroatoms. The van der Waals surface area contributed by atoms with Crippen molar-refractivity contribution < 1.29 is 8.78 Å². The highest BCUT2D eigenvalue weighted by Gasteiger charge is 2.30. The van der Waals surface area contributed by atoms with E-state index in [4.69, 9.17) is 0 Å². The average Bonchev–Trinajstić information content (AvgIpc) is 1.65. The maximum absolute atomic E-state index is 12.2. The molecule has 0 aromatic carbocycles. The van der Waals surface area contributed by atoms with E-state index in [2.05, 4.69) is 0 Å². The second kappa shape index (κ2) is 2.21. The molecule has 0 aromatic rings. The van der Waals surface area contributed by atoms with Gasteiger partial charge in [-0.25, -0.2) is 8.78 Å². The van der Waals surface area contributed by atoms with Gasteiger partial charge in [0.25, 0.3) is 0 Å². The number of hydrogen-bond donors (Lipinski definition) is 0. The summed E-state index contributed by atoms with van der Waals surface area (Å²) in [5, 5.41) is 0. The van der Waals surface area contributed by atoms with Crippen molar-refractivity contribution in [2.24, 2.45) is 0 Å². The molecule has 0 aliphatic carbocycles. The van der Waals surface area contributed by atoms with Gasteiger partial charge in [-0.15, -0.1) is 0 Å². The van der Waals surface area contributed by atoms with Crippen LogP contribution in [0.25, 0.3) is 0 Å². The van der Waals surface area contributed by atoms with Gasteiger partial charge in [-0.2, -0.15) is 11.8 Å². The highest BCUT2D eigenvalue weighted by atomic mass is 32.2. The molecule has 1 rings (SSSR count). The van der Waals surface area contributed by atoms with Crippen LogP contribution in [0.5, 0.6) is 0 Å². The maximum Gasteiger partial charge on any atom is 0.249 e. The Bertz CT molecular complexity index is 74.5. The number of halogens is 2. The van der Waals surface area contributed by atoms with E-state index in [1.54, 1.807) is 11.8 Å². The Kier molecular flexibility index (Phi) is 1.75. The second-order valence-electron chi connectivity index (χ2n) is 1.97. The summed E-state index contributed by atoms with van der Waals surface area (Å²) < 4.78 is 24.4. The first-order chi connectivity index (χ1) is 3.71. The quantitative estimate of drug-likeness (QED) is 0.494. The Labute approximate surface area is 51.6 Å². The van der Waals surface area contributed by atoms with Crippen LogP contribution in [0.15, 0.2) is 0 Å². The summed E-state index contributed by atoms with van der Waals surface area (Å²) in [6, 6.07) is 0. The summed E-state index contributed by atoms with van der Waals surface area (Å²) in [6.45, 7) is 0. The third-order valence-corrected chi connectivity index (χ3v) is 2.21. The van der Waals surface area contributed by atoms with E-state index in [1.807, 2.05) is 0 Å². The lowest BCUT2D eigenvalue weighted by Gasteiger charge is -2.19. The van der Waals surface area contributed by atoms with Crippen LogP contribution in [0.3, 0.4) is 0 Å². The molecule has 0 aromatic heterocycles. The predicted octanol–water partition coefficient (Wildman–Crippen LogP) is 2.15. The standard InChI is InChI=1S/C5H8F2S/c6-5(7)1-3-8-4-2-5/h1-4H2. The predicted molar refractivity (Wildman–Crippen MR) is 31.5 cm³/mol. The first kappa shape index (κ1) is 6.33. The van der Waals surface area contributed by atoms with Crippen LogP contribution in [0.1, 0.15) is 12.8 Å². The Morgan fingerprint density at radius 2 is 1.62 bits per heavy atom. The van der Waals surface area contributed by atoms with Gasteiger partial charge in [-0.3, -0.25) is 0 Å². The first-order valence-electron chi connectivity index (χ1n) is 2.66. The molecule has 1 aliphatic heterocycles. The van der Waals surface area contributed by atoms with Gasteiger partial charge in [-0.05, 0) is 11.5 Å². The fraction of sp³-hybridized carbons (Fsp3) is 1.00.